The second-order valence-corrected chi connectivity index (χ2v) is 7.39. The fourth-order valence-corrected chi connectivity index (χ4v) is 4.01. The summed E-state index contributed by atoms with van der Waals surface area (Å²) < 4.78 is 5.18. The van der Waals surface area contributed by atoms with E-state index in [-0.39, 0.29) is 5.91 Å². The fraction of sp³-hybridized carbons (Fsp3) is 0.250. The van der Waals surface area contributed by atoms with Crippen molar-refractivity contribution in [2.24, 2.45) is 0 Å². The van der Waals surface area contributed by atoms with Gasteiger partial charge in [0.25, 0.3) is 5.91 Å². The first kappa shape index (κ1) is 17.6. The number of hydrogen-bond donors (Lipinski definition) is 2. The summed E-state index contributed by atoms with van der Waals surface area (Å²) in [6.07, 6.45) is 0.950. The lowest BCUT2D eigenvalue weighted by molar-refractivity contribution is 0.0946. The molecule has 0 saturated heterocycles. The molecule has 138 valence electrons. The van der Waals surface area contributed by atoms with Crippen molar-refractivity contribution in [1.82, 2.24) is 20.6 Å². The van der Waals surface area contributed by atoms with Gasteiger partial charge in [-0.05, 0) is 36.4 Å². The summed E-state index contributed by atoms with van der Waals surface area (Å²) in [4.78, 5) is 22.9. The van der Waals surface area contributed by atoms with Crippen molar-refractivity contribution in [1.29, 1.82) is 0 Å². The Labute approximate surface area is 161 Å². The van der Waals surface area contributed by atoms with Gasteiger partial charge >= 0.3 is 0 Å². The van der Waals surface area contributed by atoms with Crippen LogP contribution in [0.2, 0.25) is 0 Å². The molecule has 2 N–H and O–H groups in total. The highest BCUT2D eigenvalue weighted by molar-refractivity contribution is 7.11. The summed E-state index contributed by atoms with van der Waals surface area (Å²) in [6.45, 7) is 2.25. The lowest BCUT2D eigenvalue weighted by atomic mass is 10.1. The SMILES string of the molecule is COc1ccc(-c2cccc(C(=O)NCc3nc4c(s3)CNCC4)n2)cc1. The van der Waals surface area contributed by atoms with Crippen molar-refractivity contribution < 1.29 is 9.53 Å². The molecule has 2 aromatic heterocycles. The third-order valence-electron chi connectivity index (χ3n) is 4.41. The zero-order valence-electron chi connectivity index (χ0n) is 15.0. The Hall–Kier alpha value is -2.77. The number of hydrogen-bond acceptors (Lipinski definition) is 6. The second kappa shape index (κ2) is 7.85. The van der Waals surface area contributed by atoms with E-state index in [0.717, 1.165) is 47.2 Å². The summed E-state index contributed by atoms with van der Waals surface area (Å²) in [6, 6.07) is 13.1. The van der Waals surface area contributed by atoms with E-state index in [1.807, 2.05) is 36.4 Å². The van der Waals surface area contributed by atoms with Crippen molar-refractivity contribution >= 4 is 17.2 Å². The van der Waals surface area contributed by atoms with E-state index in [9.17, 15) is 4.79 Å². The molecule has 0 radical (unpaired) electrons. The van der Waals surface area contributed by atoms with E-state index in [0.29, 0.717) is 12.2 Å². The van der Waals surface area contributed by atoms with Crippen LogP contribution in [0.15, 0.2) is 42.5 Å². The standard InChI is InChI=1S/C20H20N4O2S/c1-26-14-7-5-13(6-8-14)15-3-2-4-17(23-15)20(25)22-12-19-24-16-9-10-21-11-18(16)27-19/h2-8,21H,9-12H2,1H3,(H,22,25). The van der Waals surface area contributed by atoms with Gasteiger partial charge in [-0.1, -0.05) is 6.07 Å². The van der Waals surface area contributed by atoms with Gasteiger partial charge in [0.2, 0.25) is 0 Å². The van der Waals surface area contributed by atoms with Crippen molar-refractivity contribution in [2.45, 2.75) is 19.5 Å². The number of methoxy groups -OCH3 is 1. The molecule has 1 amide bonds. The molecule has 0 atom stereocenters. The van der Waals surface area contributed by atoms with Gasteiger partial charge in [0.05, 0.1) is 25.0 Å². The Morgan fingerprint density at radius 3 is 2.85 bits per heavy atom. The average Bonchev–Trinajstić information content (AvgIpc) is 3.15. The summed E-state index contributed by atoms with van der Waals surface area (Å²) in [5, 5.41) is 7.20. The Kier molecular flexibility index (Phi) is 5.13. The number of rotatable bonds is 5. The Morgan fingerprint density at radius 2 is 2.07 bits per heavy atom. The summed E-state index contributed by atoms with van der Waals surface area (Å²) in [5.41, 5.74) is 3.24. The topological polar surface area (TPSA) is 76.1 Å². The third kappa shape index (κ3) is 3.99. The second-order valence-electron chi connectivity index (χ2n) is 6.22. The monoisotopic (exact) mass is 380 g/mol. The molecule has 1 aliphatic rings. The van der Waals surface area contributed by atoms with Crippen molar-refractivity contribution in [3.63, 3.8) is 0 Å². The predicted octanol–water partition coefficient (Wildman–Crippen LogP) is 2.79. The van der Waals surface area contributed by atoms with Crippen LogP contribution in [0.1, 0.15) is 26.1 Å². The first-order chi connectivity index (χ1) is 13.2. The minimum Gasteiger partial charge on any atom is -0.497 e. The van der Waals surface area contributed by atoms with Gasteiger partial charge in [-0.25, -0.2) is 9.97 Å². The van der Waals surface area contributed by atoms with Crippen LogP contribution in [0, 0.1) is 0 Å². The van der Waals surface area contributed by atoms with Crippen LogP contribution in [0.3, 0.4) is 0 Å². The van der Waals surface area contributed by atoms with Crippen LogP contribution in [0.4, 0.5) is 0 Å². The Balaban J connectivity index is 1.44. The molecule has 0 spiro atoms. The first-order valence-corrected chi connectivity index (χ1v) is 9.62. The number of nitrogens with one attached hydrogen (secondary N) is 2. The van der Waals surface area contributed by atoms with Gasteiger partial charge in [-0.2, -0.15) is 0 Å². The molecule has 1 aliphatic heterocycles. The van der Waals surface area contributed by atoms with Crippen LogP contribution < -0.4 is 15.4 Å². The van der Waals surface area contributed by atoms with Crippen molar-refractivity contribution in [2.75, 3.05) is 13.7 Å². The molecule has 27 heavy (non-hydrogen) atoms. The smallest absolute Gasteiger partial charge is 0.270 e. The Bertz CT molecular complexity index is 929. The number of nitrogens with zero attached hydrogens (tertiary/aromatic N) is 2. The largest absolute Gasteiger partial charge is 0.497 e. The number of ether oxygens (including phenoxy) is 1. The van der Waals surface area contributed by atoms with Gasteiger partial charge < -0.3 is 15.4 Å². The molecule has 3 heterocycles. The zero-order chi connectivity index (χ0) is 18.6. The molecule has 4 rings (SSSR count). The molecule has 0 bridgehead atoms. The molecule has 0 unspecified atom stereocenters. The summed E-state index contributed by atoms with van der Waals surface area (Å²) >= 11 is 1.66. The maximum atomic E-state index is 12.5. The molecule has 7 heteroatoms. The van der Waals surface area contributed by atoms with Crippen LogP contribution in [-0.4, -0.2) is 29.5 Å². The molecule has 0 saturated carbocycles. The van der Waals surface area contributed by atoms with Crippen molar-refractivity contribution in [3.8, 4) is 17.0 Å². The van der Waals surface area contributed by atoms with Gasteiger partial charge in [-0.3, -0.25) is 4.79 Å². The van der Waals surface area contributed by atoms with Crippen LogP contribution in [-0.2, 0) is 19.5 Å². The lowest BCUT2D eigenvalue weighted by Crippen LogP contribution is -2.24. The van der Waals surface area contributed by atoms with E-state index < -0.39 is 0 Å². The number of thiazole rings is 1. The minimum absolute atomic E-state index is 0.198. The highest BCUT2D eigenvalue weighted by Gasteiger charge is 2.16. The number of carbonyl (C=O) groups excluding carboxylic acids is 1. The van der Waals surface area contributed by atoms with Gasteiger partial charge in [0.1, 0.15) is 16.5 Å². The highest BCUT2D eigenvalue weighted by Crippen LogP contribution is 2.22. The van der Waals surface area contributed by atoms with E-state index in [1.165, 1.54) is 4.88 Å². The number of pyridine rings is 1. The van der Waals surface area contributed by atoms with Gasteiger partial charge in [0.15, 0.2) is 0 Å². The highest BCUT2D eigenvalue weighted by atomic mass is 32.1. The number of carbonyl (C=O) groups is 1. The van der Waals surface area contributed by atoms with E-state index in [2.05, 4.69) is 20.6 Å². The van der Waals surface area contributed by atoms with Gasteiger partial charge in [-0.15, -0.1) is 11.3 Å². The molecule has 0 aliphatic carbocycles. The maximum Gasteiger partial charge on any atom is 0.270 e. The molecule has 6 nitrogen and oxygen atoms in total. The molecule has 3 aromatic rings. The van der Waals surface area contributed by atoms with E-state index >= 15 is 0 Å². The average molecular weight is 380 g/mol. The minimum atomic E-state index is -0.198. The predicted molar refractivity (Wildman–Crippen MR) is 105 cm³/mol. The molecule has 1 aromatic carbocycles. The molecular formula is C20H20N4O2S. The maximum absolute atomic E-state index is 12.5. The number of aromatic nitrogens is 2. The van der Waals surface area contributed by atoms with Crippen LogP contribution in [0.5, 0.6) is 5.75 Å². The van der Waals surface area contributed by atoms with E-state index in [1.54, 1.807) is 24.5 Å². The third-order valence-corrected chi connectivity index (χ3v) is 5.51. The normalized spacial score (nSPS) is 13.1. The number of amides is 1. The summed E-state index contributed by atoms with van der Waals surface area (Å²) in [5.74, 6) is 0.589. The van der Waals surface area contributed by atoms with Gasteiger partial charge in [0, 0.05) is 30.0 Å². The fourth-order valence-electron chi connectivity index (χ4n) is 2.98. The van der Waals surface area contributed by atoms with Crippen LogP contribution >= 0.6 is 11.3 Å². The summed E-state index contributed by atoms with van der Waals surface area (Å²) in [7, 11) is 1.63. The van der Waals surface area contributed by atoms with Crippen molar-refractivity contribution in [3.05, 3.63) is 63.7 Å². The number of benzene rings is 1. The zero-order valence-corrected chi connectivity index (χ0v) is 15.8. The van der Waals surface area contributed by atoms with Crippen LogP contribution in [0.25, 0.3) is 11.3 Å². The van der Waals surface area contributed by atoms with E-state index in [4.69, 9.17) is 4.74 Å². The lowest BCUT2D eigenvalue weighted by Gasteiger charge is -2.09. The Morgan fingerprint density at radius 1 is 1.22 bits per heavy atom. The molecule has 0 fully saturated rings. The quantitative estimate of drug-likeness (QED) is 0.712. The first-order valence-electron chi connectivity index (χ1n) is 8.81. The number of fused-ring (bicyclic) bond motifs is 1. The molecular weight excluding hydrogens is 360 g/mol.